The average Bonchev–Trinajstić information content (AvgIpc) is 3.15. The normalized spacial score (nSPS) is 16.3. The van der Waals surface area contributed by atoms with E-state index >= 15 is 0 Å². The van der Waals surface area contributed by atoms with Crippen LogP contribution < -0.4 is 4.90 Å². The Bertz CT molecular complexity index is 1150. The van der Waals surface area contributed by atoms with E-state index in [2.05, 4.69) is 19.9 Å². The molecule has 0 atom stereocenters. The monoisotopic (exact) mass is 389 g/mol. The third-order valence-electron chi connectivity index (χ3n) is 5.61. The van der Waals surface area contributed by atoms with Gasteiger partial charge in [-0.2, -0.15) is 0 Å². The van der Waals surface area contributed by atoms with Crippen molar-refractivity contribution >= 4 is 28.4 Å². The molecule has 148 valence electrons. The summed E-state index contributed by atoms with van der Waals surface area (Å²) in [6.45, 7) is 5.63. The lowest BCUT2D eigenvalue weighted by atomic mass is 9.83. The van der Waals surface area contributed by atoms with Gasteiger partial charge in [0.1, 0.15) is 5.58 Å². The highest BCUT2D eigenvalue weighted by molar-refractivity contribution is 5.98. The van der Waals surface area contributed by atoms with E-state index in [1.165, 1.54) is 0 Å². The van der Waals surface area contributed by atoms with Crippen LogP contribution in [0.4, 0.5) is 5.69 Å². The Balaban J connectivity index is 1.50. The summed E-state index contributed by atoms with van der Waals surface area (Å²) in [5.74, 6) is -0.764. The van der Waals surface area contributed by atoms with Crippen molar-refractivity contribution < 1.29 is 18.7 Å². The topological polar surface area (TPSA) is 59.8 Å². The third kappa shape index (κ3) is 3.12. The SMILES string of the molecule is Cc1c(C(=O)OCC(=O)C=C2N(C)c3ccccc3C2(C)C)oc2ccccc12. The van der Waals surface area contributed by atoms with Crippen LogP contribution in [0.1, 0.15) is 35.5 Å². The van der Waals surface area contributed by atoms with Crippen molar-refractivity contribution in [2.75, 3.05) is 18.6 Å². The van der Waals surface area contributed by atoms with Gasteiger partial charge in [0, 0.05) is 40.9 Å². The molecular formula is C24H23NO4. The maximum atomic E-state index is 12.6. The molecule has 0 spiro atoms. The van der Waals surface area contributed by atoms with Crippen molar-refractivity contribution in [2.24, 2.45) is 0 Å². The van der Waals surface area contributed by atoms with E-state index in [-0.39, 0.29) is 23.6 Å². The number of likely N-dealkylation sites (N-methyl/N-ethyl adjacent to an activating group) is 1. The standard InChI is InChI=1S/C24H23NO4/c1-15-17-9-5-8-12-20(17)29-22(15)23(27)28-14-16(26)13-21-24(2,3)18-10-6-7-11-19(18)25(21)4/h5-13H,14H2,1-4H3. The number of ketones is 1. The zero-order valence-electron chi connectivity index (χ0n) is 17.0. The summed E-state index contributed by atoms with van der Waals surface area (Å²) in [4.78, 5) is 27.0. The minimum Gasteiger partial charge on any atom is -0.451 e. The summed E-state index contributed by atoms with van der Waals surface area (Å²) in [5, 5.41) is 0.861. The zero-order valence-corrected chi connectivity index (χ0v) is 17.0. The van der Waals surface area contributed by atoms with Crippen molar-refractivity contribution in [3.63, 3.8) is 0 Å². The van der Waals surface area contributed by atoms with Crippen LogP contribution in [0.25, 0.3) is 11.0 Å². The van der Waals surface area contributed by atoms with Gasteiger partial charge in [-0.05, 0) is 24.6 Å². The molecule has 0 N–H and O–H groups in total. The van der Waals surface area contributed by atoms with Crippen molar-refractivity contribution in [3.8, 4) is 0 Å². The van der Waals surface area contributed by atoms with Gasteiger partial charge in [-0.15, -0.1) is 0 Å². The molecule has 2 aromatic carbocycles. The highest BCUT2D eigenvalue weighted by atomic mass is 16.5. The van der Waals surface area contributed by atoms with Gasteiger partial charge < -0.3 is 14.1 Å². The number of carbonyl (C=O) groups is 2. The molecule has 0 saturated carbocycles. The van der Waals surface area contributed by atoms with E-state index < -0.39 is 5.97 Å². The van der Waals surface area contributed by atoms with E-state index in [4.69, 9.17) is 9.15 Å². The number of hydrogen-bond acceptors (Lipinski definition) is 5. The second kappa shape index (κ2) is 6.92. The highest BCUT2D eigenvalue weighted by Crippen LogP contribution is 2.46. The molecule has 3 aromatic rings. The number of nitrogens with zero attached hydrogens (tertiary/aromatic N) is 1. The number of para-hydroxylation sites is 2. The number of ether oxygens (including phenoxy) is 1. The number of furan rings is 1. The number of fused-ring (bicyclic) bond motifs is 2. The summed E-state index contributed by atoms with van der Waals surface area (Å²) in [7, 11) is 1.94. The second-order valence-electron chi connectivity index (χ2n) is 7.83. The molecule has 5 nitrogen and oxygen atoms in total. The van der Waals surface area contributed by atoms with Crippen molar-refractivity contribution in [1.82, 2.24) is 0 Å². The number of aryl methyl sites for hydroxylation is 1. The maximum absolute atomic E-state index is 12.6. The highest BCUT2D eigenvalue weighted by Gasteiger charge is 2.38. The summed E-state index contributed by atoms with van der Waals surface area (Å²) >= 11 is 0. The Morgan fingerprint density at radius 3 is 2.52 bits per heavy atom. The van der Waals surface area contributed by atoms with E-state index in [0.717, 1.165) is 22.3 Å². The van der Waals surface area contributed by atoms with E-state index in [1.807, 2.05) is 48.3 Å². The first-order valence-corrected chi connectivity index (χ1v) is 9.54. The number of anilines is 1. The number of carbonyl (C=O) groups excluding carboxylic acids is 2. The molecule has 1 aliphatic heterocycles. The van der Waals surface area contributed by atoms with Gasteiger partial charge in [-0.1, -0.05) is 50.2 Å². The number of allylic oxidation sites excluding steroid dienone is 1. The summed E-state index contributed by atoms with van der Waals surface area (Å²) in [6.07, 6.45) is 1.57. The predicted molar refractivity (Wildman–Crippen MR) is 112 cm³/mol. The molecule has 0 amide bonds. The molecule has 4 rings (SSSR count). The molecule has 2 heterocycles. The summed E-state index contributed by atoms with van der Waals surface area (Å²) in [5.41, 5.74) is 4.14. The van der Waals surface area contributed by atoms with Crippen LogP contribution in [0.15, 0.2) is 64.7 Å². The smallest absolute Gasteiger partial charge is 0.375 e. The zero-order chi connectivity index (χ0) is 20.8. The van der Waals surface area contributed by atoms with E-state index in [1.54, 1.807) is 19.1 Å². The number of benzene rings is 2. The molecule has 29 heavy (non-hydrogen) atoms. The lowest BCUT2D eigenvalue weighted by molar-refractivity contribution is -0.117. The van der Waals surface area contributed by atoms with Crippen LogP contribution >= 0.6 is 0 Å². The maximum Gasteiger partial charge on any atom is 0.375 e. The number of rotatable bonds is 4. The van der Waals surface area contributed by atoms with E-state index in [0.29, 0.717) is 11.1 Å². The van der Waals surface area contributed by atoms with Crippen LogP contribution in [0.5, 0.6) is 0 Å². The fraction of sp³-hybridized carbons (Fsp3) is 0.250. The Morgan fingerprint density at radius 2 is 1.79 bits per heavy atom. The second-order valence-corrected chi connectivity index (χ2v) is 7.83. The lowest BCUT2D eigenvalue weighted by Gasteiger charge is -2.23. The van der Waals surface area contributed by atoms with E-state index in [9.17, 15) is 9.59 Å². The third-order valence-corrected chi connectivity index (χ3v) is 5.61. The Hall–Kier alpha value is -3.34. The van der Waals surface area contributed by atoms with Crippen LogP contribution in [0.2, 0.25) is 0 Å². The molecule has 0 fully saturated rings. The van der Waals surface area contributed by atoms with Crippen molar-refractivity contribution in [1.29, 1.82) is 0 Å². The van der Waals surface area contributed by atoms with Crippen LogP contribution in [-0.2, 0) is 14.9 Å². The van der Waals surface area contributed by atoms with Gasteiger partial charge in [-0.3, -0.25) is 4.79 Å². The first kappa shape index (κ1) is 19.0. The van der Waals surface area contributed by atoms with Gasteiger partial charge in [0.25, 0.3) is 0 Å². The van der Waals surface area contributed by atoms with Crippen LogP contribution in [0.3, 0.4) is 0 Å². The first-order valence-electron chi connectivity index (χ1n) is 9.54. The fourth-order valence-electron chi connectivity index (χ4n) is 4.02. The minimum absolute atomic E-state index is 0.136. The van der Waals surface area contributed by atoms with Gasteiger partial charge in [-0.25, -0.2) is 4.79 Å². The molecular weight excluding hydrogens is 366 g/mol. The summed E-state index contributed by atoms with van der Waals surface area (Å²) < 4.78 is 10.9. The van der Waals surface area contributed by atoms with Gasteiger partial charge in [0.05, 0.1) is 0 Å². The molecule has 1 aromatic heterocycles. The van der Waals surface area contributed by atoms with Gasteiger partial charge in [0.2, 0.25) is 5.76 Å². The van der Waals surface area contributed by atoms with Crippen LogP contribution in [-0.4, -0.2) is 25.4 Å². The Labute approximate surface area is 169 Å². The van der Waals surface area contributed by atoms with Gasteiger partial charge in [0.15, 0.2) is 12.4 Å². The lowest BCUT2D eigenvalue weighted by Crippen LogP contribution is -2.25. The molecule has 0 bridgehead atoms. The minimum atomic E-state index is -0.632. The molecule has 0 saturated heterocycles. The van der Waals surface area contributed by atoms with Gasteiger partial charge >= 0.3 is 5.97 Å². The molecule has 1 aliphatic rings. The molecule has 0 unspecified atom stereocenters. The predicted octanol–water partition coefficient (Wildman–Crippen LogP) is 4.78. The molecule has 0 aliphatic carbocycles. The molecule has 0 radical (unpaired) electrons. The number of hydrogen-bond donors (Lipinski definition) is 0. The average molecular weight is 389 g/mol. The fourth-order valence-corrected chi connectivity index (χ4v) is 4.02. The largest absolute Gasteiger partial charge is 0.451 e. The molecule has 5 heteroatoms. The van der Waals surface area contributed by atoms with Crippen LogP contribution in [0, 0.1) is 6.92 Å². The number of esters is 1. The van der Waals surface area contributed by atoms with Crippen molar-refractivity contribution in [2.45, 2.75) is 26.2 Å². The Morgan fingerprint density at radius 1 is 1.10 bits per heavy atom. The van der Waals surface area contributed by atoms with Crippen molar-refractivity contribution in [3.05, 3.63) is 77.2 Å². The Kier molecular flexibility index (Phi) is 4.53. The quantitative estimate of drug-likeness (QED) is 0.475. The summed E-state index contributed by atoms with van der Waals surface area (Å²) in [6, 6.07) is 15.5. The first-order chi connectivity index (χ1) is 13.8.